The number of nitrogens with zero attached hydrogens (tertiary/aromatic N) is 1. The fraction of sp³-hybridized carbons (Fsp3) is 0.231. The molecule has 0 aliphatic heterocycles. The first kappa shape index (κ1) is 22.9. The van der Waals surface area contributed by atoms with Crippen LogP contribution in [0.5, 0.6) is 17.2 Å². The van der Waals surface area contributed by atoms with Crippen molar-refractivity contribution in [2.24, 2.45) is 0 Å². The molecule has 0 bridgehead atoms. The first-order chi connectivity index (χ1) is 15.5. The Balaban J connectivity index is 1.71. The molecule has 6 heteroatoms. The highest BCUT2D eigenvalue weighted by Gasteiger charge is 2.20. The van der Waals surface area contributed by atoms with Crippen LogP contribution >= 0.6 is 0 Å². The van der Waals surface area contributed by atoms with E-state index in [1.54, 1.807) is 42.5 Å². The molecular weight excluding hydrogens is 406 g/mol. The van der Waals surface area contributed by atoms with Crippen molar-refractivity contribution in [3.05, 3.63) is 78.4 Å². The maximum atomic E-state index is 12.3. The van der Waals surface area contributed by atoms with E-state index in [0.717, 1.165) is 25.0 Å². The molecule has 0 unspecified atom stereocenters. The Morgan fingerprint density at radius 2 is 1.44 bits per heavy atom. The SMILES string of the molecule is CCCCCOc1ccc(Oc2ccc(N(C(C)=O)c3ccccc3C(=O)O)cc2)cc1. The minimum absolute atomic E-state index is 0.0556. The van der Waals surface area contributed by atoms with Crippen LogP contribution in [-0.2, 0) is 4.79 Å². The van der Waals surface area contributed by atoms with Crippen molar-refractivity contribution in [2.45, 2.75) is 33.1 Å². The van der Waals surface area contributed by atoms with E-state index in [0.29, 0.717) is 29.5 Å². The summed E-state index contributed by atoms with van der Waals surface area (Å²) in [7, 11) is 0. The molecule has 1 amide bonds. The third-order valence-corrected chi connectivity index (χ3v) is 4.86. The number of hydrogen-bond donors (Lipinski definition) is 1. The monoisotopic (exact) mass is 433 g/mol. The zero-order valence-electron chi connectivity index (χ0n) is 18.3. The Kier molecular flexibility index (Phi) is 7.86. The summed E-state index contributed by atoms with van der Waals surface area (Å²) in [5.41, 5.74) is 0.921. The van der Waals surface area contributed by atoms with Crippen molar-refractivity contribution in [1.82, 2.24) is 0 Å². The molecule has 1 N–H and O–H groups in total. The summed E-state index contributed by atoms with van der Waals surface area (Å²) in [6.07, 6.45) is 3.35. The number of para-hydroxylation sites is 1. The number of benzene rings is 3. The molecular formula is C26H27NO5. The van der Waals surface area contributed by atoms with Crippen LogP contribution in [0.4, 0.5) is 11.4 Å². The van der Waals surface area contributed by atoms with Gasteiger partial charge in [0.1, 0.15) is 17.2 Å². The lowest BCUT2D eigenvalue weighted by Crippen LogP contribution is -2.24. The Labute approximate surface area is 188 Å². The molecule has 166 valence electrons. The van der Waals surface area contributed by atoms with Gasteiger partial charge in [0.25, 0.3) is 0 Å². The van der Waals surface area contributed by atoms with Gasteiger partial charge in [0.2, 0.25) is 5.91 Å². The standard InChI is InChI=1S/C26H27NO5/c1-3-4-7-18-31-21-14-16-23(17-15-21)32-22-12-10-20(11-13-22)27(19(2)28)25-9-6-5-8-24(25)26(29)30/h5-6,8-17H,3-4,7,18H2,1-2H3,(H,29,30). The molecule has 0 aromatic heterocycles. The molecule has 0 saturated heterocycles. The lowest BCUT2D eigenvalue weighted by atomic mass is 10.1. The summed E-state index contributed by atoms with van der Waals surface area (Å²) in [6, 6.07) is 20.8. The van der Waals surface area contributed by atoms with Crippen LogP contribution < -0.4 is 14.4 Å². The predicted octanol–water partition coefficient (Wildman–Crippen LogP) is 6.43. The number of aromatic carboxylic acids is 1. The van der Waals surface area contributed by atoms with Crippen LogP contribution in [0, 0.1) is 0 Å². The molecule has 0 aliphatic rings. The molecule has 0 heterocycles. The van der Waals surface area contributed by atoms with E-state index >= 15 is 0 Å². The summed E-state index contributed by atoms with van der Waals surface area (Å²) in [5.74, 6) is 0.683. The number of anilines is 2. The van der Waals surface area contributed by atoms with E-state index in [1.165, 1.54) is 17.9 Å². The van der Waals surface area contributed by atoms with Gasteiger partial charge < -0.3 is 14.6 Å². The zero-order valence-corrected chi connectivity index (χ0v) is 18.3. The Hall–Kier alpha value is -3.80. The second kappa shape index (κ2) is 11.0. The van der Waals surface area contributed by atoms with Gasteiger partial charge in [0.15, 0.2) is 0 Å². The molecule has 0 aliphatic carbocycles. The summed E-state index contributed by atoms with van der Waals surface area (Å²) < 4.78 is 11.6. The van der Waals surface area contributed by atoms with E-state index in [1.807, 2.05) is 24.3 Å². The first-order valence-corrected chi connectivity index (χ1v) is 10.6. The fourth-order valence-corrected chi connectivity index (χ4v) is 3.29. The van der Waals surface area contributed by atoms with E-state index in [-0.39, 0.29) is 11.5 Å². The van der Waals surface area contributed by atoms with Crippen molar-refractivity contribution in [1.29, 1.82) is 0 Å². The molecule has 0 radical (unpaired) electrons. The highest BCUT2D eigenvalue weighted by atomic mass is 16.5. The average molecular weight is 434 g/mol. The second-order valence-corrected chi connectivity index (χ2v) is 7.30. The molecule has 3 rings (SSSR count). The molecule has 32 heavy (non-hydrogen) atoms. The van der Waals surface area contributed by atoms with Crippen molar-refractivity contribution in [2.75, 3.05) is 11.5 Å². The van der Waals surface area contributed by atoms with Gasteiger partial charge in [-0.15, -0.1) is 0 Å². The fourth-order valence-electron chi connectivity index (χ4n) is 3.29. The van der Waals surface area contributed by atoms with Gasteiger partial charge in [-0.3, -0.25) is 9.69 Å². The number of carboxylic acids is 1. The number of unbranched alkanes of at least 4 members (excludes halogenated alkanes) is 2. The topological polar surface area (TPSA) is 76.1 Å². The highest BCUT2D eigenvalue weighted by Crippen LogP contribution is 2.31. The molecule has 0 spiro atoms. The second-order valence-electron chi connectivity index (χ2n) is 7.30. The zero-order chi connectivity index (χ0) is 22.9. The maximum absolute atomic E-state index is 12.3. The Morgan fingerprint density at radius 3 is 2.03 bits per heavy atom. The van der Waals surface area contributed by atoms with Crippen molar-refractivity contribution in [3.8, 4) is 17.2 Å². The summed E-state index contributed by atoms with van der Waals surface area (Å²) in [4.78, 5) is 25.3. The molecule has 6 nitrogen and oxygen atoms in total. The van der Waals surface area contributed by atoms with Crippen LogP contribution in [0.15, 0.2) is 72.8 Å². The van der Waals surface area contributed by atoms with Crippen LogP contribution in [-0.4, -0.2) is 23.6 Å². The lowest BCUT2D eigenvalue weighted by molar-refractivity contribution is -0.115. The van der Waals surface area contributed by atoms with Gasteiger partial charge in [-0.1, -0.05) is 31.9 Å². The number of amides is 1. The van der Waals surface area contributed by atoms with Gasteiger partial charge in [0.05, 0.1) is 17.9 Å². The van der Waals surface area contributed by atoms with Crippen LogP contribution in [0.3, 0.4) is 0 Å². The minimum atomic E-state index is -1.09. The van der Waals surface area contributed by atoms with E-state index < -0.39 is 5.97 Å². The van der Waals surface area contributed by atoms with E-state index in [4.69, 9.17) is 9.47 Å². The first-order valence-electron chi connectivity index (χ1n) is 10.6. The summed E-state index contributed by atoms with van der Waals surface area (Å²) >= 11 is 0. The maximum Gasteiger partial charge on any atom is 0.337 e. The number of carboxylic acid groups (broad SMARTS) is 1. The van der Waals surface area contributed by atoms with Crippen LogP contribution in [0.25, 0.3) is 0 Å². The third-order valence-electron chi connectivity index (χ3n) is 4.86. The number of rotatable bonds is 10. The lowest BCUT2D eigenvalue weighted by Gasteiger charge is -2.23. The molecule has 3 aromatic rings. The highest BCUT2D eigenvalue weighted by molar-refractivity contribution is 6.05. The van der Waals surface area contributed by atoms with E-state index in [9.17, 15) is 14.7 Å². The van der Waals surface area contributed by atoms with Gasteiger partial charge >= 0.3 is 5.97 Å². The molecule has 0 saturated carbocycles. The third kappa shape index (κ3) is 5.88. The predicted molar refractivity (Wildman–Crippen MR) is 124 cm³/mol. The number of ether oxygens (including phenoxy) is 2. The number of carbonyl (C=O) groups is 2. The van der Waals surface area contributed by atoms with Gasteiger partial charge in [-0.2, -0.15) is 0 Å². The molecule has 3 aromatic carbocycles. The normalized spacial score (nSPS) is 10.4. The minimum Gasteiger partial charge on any atom is -0.494 e. The van der Waals surface area contributed by atoms with Crippen LogP contribution in [0.2, 0.25) is 0 Å². The van der Waals surface area contributed by atoms with Gasteiger partial charge in [0, 0.05) is 12.6 Å². The Bertz CT molecular complexity index is 1040. The average Bonchev–Trinajstić information content (AvgIpc) is 2.79. The largest absolute Gasteiger partial charge is 0.494 e. The molecule has 0 atom stereocenters. The van der Waals surface area contributed by atoms with Gasteiger partial charge in [-0.25, -0.2) is 4.79 Å². The molecule has 0 fully saturated rings. The smallest absolute Gasteiger partial charge is 0.337 e. The number of carbonyl (C=O) groups excluding carboxylic acids is 1. The van der Waals surface area contributed by atoms with Crippen molar-refractivity contribution in [3.63, 3.8) is 0 Å². The van der Waals surface area contributed by atoms with E-state index in [2.05, 4.69) is 6.92 Å². The van der Waals surface area contributed by atoms with Crippen molar-refractivity contribution >= 4 is 23.3 Å². The summed E-state index contributed by atoms with van der Waals surface area (Å²) in [6.45, 7) is 4.26. The van der Waals surface area contributed by atoms with Crippen LogP contribution in [0.1, 0.15) is 43.5 Å². The quantitative estimate of drug-likeness (QED) is 0.373. The summed E-state index contributed by atoms with van der Waals surface area (Å²) in [5, 5.41) is 9.48. The number of hydrogen-bond acceptors (Lipinski definition) is 4. The Morgan fingerprint density at radius 1 is 0.844 bits per heavy atom. The van der Waals surface area contributed by atoms with Crippen molar-refractivity contribution < 1.29 is 24.2 Å². The van der Waals surface area contributed by atoms with Gasteiger partial charge in [-0.05, 0) is 67.1 Å².